The molecule has 3 heterocycles. The van der Waals surface area contributed by atoms with Gasteiger partial charge in [0.1, 0.15) is 9.71 Å². The molecule has 7 heteroatoms. The molecule has 0 spiro atoms. The molecule has 0 bridgehead atoms. The maximum absolute atomic E-state index is 12.9. The van der Waals surface area contributed by atoms with Crippen LogP contribution in [0.4, 0.5) is 11.4 Å². The van der Waals surface area contributed by atoms with Crippen molar-refractivity contribution in [3.63, 3.8) is 0 Å². The maximum Gasteiger partial charge on any atom is 0.267 e. The van der Waals surface area contributed by atoms with Crippen molar-refractivity contribution in [2.45, 2.75) is 19.3 Å². The number of anilines is 2. The van der Waals surface area contributed by atoms with Crippen LogP contribution in [0.25, 0.3) is 21.1 Å². The van der Waals surface area contributed by atoms with Gasteiger partial charge < -0.3 is 11.1 Å². The molecular weight excluding hydrogens is 372 g/mol. The number of benzene rings is 1. The van der Waals surface area contributed by atoms with Gasteiger partial charge in [0.15, 0.2) is 5.78 Å². The number of hydrogen-bond acceptors (Lipinski definition) is 6. The van der Waals surface area contributed by atoms with Crippen molar-refractivity contribution in [3.05, 3.63) is 58.7 Å². The number of Topliss-reactive ketones (excluding diaryl/α,β-unsaturated/α-hetero) is 1. The first-order chi connectivity index (χ1) is 13.6. The third-order valence-electron chi connectivity index (χ3n) is 5.02. The van der Waals surface area contributed by atoms with E-state index >= 15 is 0 Å². The molecule has 1 amide bonds. The summed E-state index contributed by atoms with van der Waals surface area (Å²) in [5.41, 5.74) is 9.55. The number of carbonyl (C=O) groups excluding carboxylic acids is 2. The Bertz CT molecular complexity index is 1270. The maximum atomic E-state index is 12.9. The summed E-state index contributed by atoms with van der Waals surface area (Å²) in [7, 11) is 0. The highest BCUT2D eigenvalue weighted by molar-refractivity contribution is 7.21. The van der Waals surface area contributed by atoms with E-state index in [1.165, 1.54) is 11.3 Å². The van der Waals surface area contributed by atoms with Gasteiger partial charge in [0.2, 0.25) is 0 Å². The first-order valence-corrected chi connectivity index (χ1v) is 9.83. The predicted octanol–water partition coefficient (Wildman–Crippen LogP) is 4.20. The number of thiophene rings is 1. The summed E-state index contributed by atoms with van der Waals surface area (Å²) in [5.74, 6) is -0.198. The zero-order valence-corrected chi connectivity index (χ0v) is 15.7. The summed E-state index contributed by atoms with van der Waals surface area (Å²) in [6.45, 7) is 0. The fourth-order valence-corrected chi connectivity index (χ4v) is 4.60. The number of carbonyl (C=O) groups is 2. The van der Waals surface area contributed by atoms with Crippen LogP contribution in [-0.4, -0.2) is 21.7 Å². The zero-order chi connectivity index (χ0) is 19.3. The molecule has 0 atom stereocenters. The normalized spacial score (nSPS) is 13.6. The molecule has 1 aliphatic rings. The van der Waals surface area contributed by atoms with E-state index in [0.29, 0.717) is 38.5 Å². The Morgan fingerprint density at radius 2 is 2.00 bits per heavy atom. The van der Waals surface area contributed by atoms with Crippen molar-refractivity contribution in [1.29, 1.82) is 0 Å². The lowest BCUT2D eigenvalue weighted by Gasteiger charge is -2.13. The molecule has 4 aromatic rings. The number of aryl methyl sites for hydroxylation is 1. The summed E-state index contributed by atoms with van der Waals surface area (Å²) in [5, 5.41) is 4.47. The zero-order valence-electron chi connectivity index (χ0n) is 14.9. The number of amides is 1. The fourth-order valence-electron chi connectivity index (χ4n) is 3.61. The second-order valence-corrected chi connectivity index (χ2v) is 7.79. The smallest absolute Gasteiger partial charge is 0.267 e. The van der Waals surface area contributed by atoms with Gasteiger partial charge in [-0.05, 0) is 31.0 Å². The van der Waals surface area contributed by atoms with Gasteiger partial charge in [0.05, 0.1) is 22.6 Å². The molecule has 5 rings (SSSR count). The highest BCUT2D eigenvalue weighted by Crippen LogP contribution is 2.36. The molecular formula is C21H16N4O2S. The van der Waals surface area contributed by atoms with Crippen LogP contribution in [0.2, 0.25) is 0 Å². The Kier molecular flexibility index (Phi) is 3.84. The largest absolute Gasteiger partial charge is 0.397 e. The number of aromatic nitrogens is 2. The lowest BCUT2D eigenvalue weighted by atomic mass is 9.94. The number of rotatable bonds is 2. The van der Waals surface area contributed by atoms with Gasteiger partial charge in [-0.3, -0.25) is 14.6 Å². The highest BCUT2D eigenvalue weighted by atomic mass is 32.1. The molecule has 1 aliphatic carbocycles. The number of hydrogen-bond donors (Lipinski definition) is 2. The van der Waals surface area contributed by atoms with Crippen molar-refractivity contribution in [2.24, 2.45) is 0 Å². The number of pyridine rings is 2. The van der Waals surface area contributed by atoms with Crippen LogP contribution in [0.5, 0.6) is 0 Å². The SMILES string of the molecule is Nc1c(C(=O)Nc2ccnc3ccccc23)sc2nc3c(cc12)C(=O)CCC3. The summed E-state index contributed by atoms with van der Waals surface area (Å²) >= 11 is 1.26. The van der Waals surface area contributed by atoms with E-state index in [-0.39, 0.29) is 11.7 Å². The van der Waals surface area contributed by atoms with Gasteiger partial charge in [-0.15, -0.1) is 11.3 Å². The Hall–Kier alpha value is -3.32. The average molecular weight is 388 g/mol. The quantitative estimate of drug-likeness (QED) is 0.536. The van der Waals surface area contributed by atoms with Gasteiger partial charge in [0.25, 0.3) is 5.91 Å². The molecule has 3 aromatic heterocycles. The monoisotopic (exact) mass is 388 g/mol. The van der Waals surface area contributed by atoms with Crippen LogP contribution in [0.1, 0.15) is 38.6 Å². The Labute approximate surface area is 164 Å². The average Bonchev–Trinajstić information content (AvgIpc) is 3.03. The first kappa shape index (κ1) is 16.8. The van der Waals surface area contributed by atoms with Crippen LogP contribution in [0.3, 0.4) is 0 Å². The van der Waals surface area contributed by atoms with E-state index in [1.54, 1.807) is 18.3 Å². The van der Waals surface area contributed by atoms with Gasteiger partial charge >= 0.3 is 0 Å². The molecule has 1 aromatic carbocycles. The predicted molar refractivity (Wildman–Crippen MR) is 111 cm³/mol. The van der Waals surface area contributed by atoms with Crippen LogP contribution in [0, 0.1) is 0 Å². The van der Waals surface area contributed by atoms with Gasteiger partial charge in [-0.25, -0.2) is 4.98 Å². The Balaban J connectivity index is 1.56. The number of para-hydroxylation sites is 1. The second-order valence-electron chi connectivity index (χ2n) is 6.79. The summed E-state index contributed by atoms with van der Waals surface area (Å²) in [6.07, 6.45) is 3.78. The van der Waals surface area contributed by atoms with Gasteiger partial charge in [-0.2, -0.15) is 0 Å². The second kappa shape index (κ2) is 6.38. The molecule has 0 saturated heterocycles. The minimum absolute atomic E-state index is 0.0931. The first-order valence-electron chi connectivity index (χ1n) is 9.02. The Morgan fingerprint density at radius 3 is 2.89 bits per heavy atom. The minimum Gasteiger partial charge on any atom is -0.397 e. The Morgan fingerprint density at radius 1 is 1.14 bits per heavy atom. The van der Waals surface area contributed by atoms with E-state index in [9.17, 15) is 9.59 Å². The number of nitrogens with two attached hydrogens (primary N) is 1. The molecule has 3 N–H and O–H groups in total. The third kappa shape index (κ3) is 2.63. The molecule has 0 saturated carbocycles. The van der Waals surface area contributed by atoms with Crippen molar-refractivity contribution < 1.29 is 9.59 Å². The standard InChI is InChI=1S/C21H16N4O2S/c22-18-13-10-12-15(6-3-7-17(12)26)25-21(13)28-19(18)20(27)24-16-8-9-23-14-5-2-1-4-11(14)16/h1-2,4-5,8-10H,3,6-7,22H2,(H,23,24,27). The van der Waals surface area contributed by atoms with Crippen molar-refractivity contribution in [2.75, 3.05) is 11.1 Å². The van der Waals surface area contributed by atoms with Crippen LogP contribution >= 0.6 is 11.3 Å². The van der Waals surface area contributed by atoms with Crippen molar-refractivity contribution in [1.82, 2.24) is 9.97 Å². The minimum atomic E-state index is -0.291. The van der Waals surface area contributed by atoms with Crippen LogP contribution in [-0.2, 0) is 6.42 Å². The lowest BCUT2D eigenvalue weighted by molar-refractivity contribution is 0.0970. The molecule has 0 radical (unpaired) electrons. The van der Waals surface area contributed by atoms with Crippen molar-refractivity contribution >= 4 is 55.5 Å². The van der Waals surface area contributed by atoms with Crippen molar-refractivity contribution in [3.8, 4) is 0 Å². The molecule has 6 nitrogen and oxygen atoms in total. The number of fused-ring (bicyclic) bond motifs is 3. The van der Waals surface area contributed by atoms with E-state index in [1.807, 2.05) is 24.3 Å². The molecule has 0 aliphatic heterocycles. The summed E-state index contributed by atoms with van der Waals surface area (Å²) in [6, 6.07) is 11.2. The number of nitrogens with one attached hydrogen (secondary N) is 1. The van der Waals surface area contributed by atoms with Crippen LogP contribution < -0.4 is 11.1 Å². The molecule has 138 valence electrons. The van der Waals surface area contributed by atoms with E-state index in [0.717, 1.165) is 29.4 Å². The molecule has 0 unspecified atom stereocenters. The topological polar surface area (TPSA) is 98.0 Å². The third-order valence-corrected chi connectivity index (χ3v) is 6.14. The van der Waals surface area contributed by atoms with Gasteiger partial charge in [-0.1, -0.05) is 18.2 Å². The fraction of sp³-hybridized carbons (Fsp3) is 0.143. The molecule has 0 fully saturated rings. The summed E-state index contributed by atoms with van der Waals surface area (Å²) < 4.78 is 0. The number of ketones is 1. The lowest BCUT2D eigenvalue weighted by Crippen LogP contribution is -2.13. The summed E-state index contributed by atoms with van der Waals surface area (Å²) in [4.78, 5) is 35.1. The van der Waals surface area contributed by atoms with E-state index in [4.69, 9.17) is 5.73 Å². The van der Waals surface area contributed by atoms with E-state index < -0.39 is 0 Å². The molecule has 28 heavy (non-hydrogen) atoms. The highest BCUT2D eigenvalue weighted by Gasteiger charge is 2.24. The van der Waals surface area contributed by atoms with Gasteiger partial charge in [0, 0.05) is 29.0 Å². The number of nitrogen functional groups attached to an aromatic ring is 1. The number of nitrogens with zero attached hydrogens (tertiary/aromatic N) is 2. The van der Waals surface area contributed by atoms with Crippen LogP contribution in [0.15, 0.2) is 42.6 Å². The van der Waals surface area contributed by atoms with E-state index in [2.05, 4.69) is 15.3 Å².